The molecule has 6 nitrogen and oxygen atoms in total. The molecule has 1 amide bonds. The summed E-state index contributed by atoms with van der Waals surface area (Å²) in [5.74, 6) is 1.62. The number of nitriles is 1. The number of benzene rings is 1. The van der Waals surface area contributed by atoms with Crippen LogP contribution in [0.1, 0.15) is 59.7 Å². The van der Waals surface area contributed by atoms with Gasteiger partial charge in [-0.15, -0.1) is 11.3 Å². The van der Waals surface area contributed by atoms with Crippen LogP contribution in [0.3, 0.4) is 0 Å². The second kappa shape index (κ2) is 8.89. The Kier molecular flexibility index (Phi) is 5.84. The van der Waals surface area contributed by atoms with Crippen molar-refractivity contribution < 1.29 is 14.3 Å². The summed E-state index contributed by atoms with van der Waals surface area (Å²) < 4.78 is 11.4. The van der Waals surface area contributed by atoms with E-state index in [1.165, 1.54) is 16.9 Å². The Morgan fingerprint density at radius 1 is 1.19 bits per heavy atom. The molecule has 3 aliphatic rings. The van der Waals surface area contributed by atoms with Gasteiger partial charge in [-0.1, -0.05) is 6.07 Å². The van der Waals surface area contributed by atoms with E-state index in [0.29, 0.717) is 37.8 Å². The Labute approximate surface area is 186 Å². The molecule has 0 radical (unpaired) electrons. The lowest BCUT2D eigenvalue weighted by Gasteiger charge is -2.26. The van der Waals surface area contributed by atoms with Crippen molar-refractivity contribution in [2.45, 2.75) is 51.0 Å². The number of ether oxygens (including phenoxy) is 2. The summed E-state index contributed by atoms with van der Waals surface area (Å²) in [6, 6.07) is 8.82. The highest BCUT2D eigenvalue weighted by Crippen LogP contribution is 2.39. The fourth-order valence-electron chi connectivity index (χ4n) is 4.94. The van der Waals surface area contributed by atoms with Crippen LogP contribution in [0.4, 0.5) is 5.00 Å². The van der Waals surface area contributed by atoms with Crippen molar-refractivity contribution in [3.8, 4) is 17.6 Å². The summed E-state index contributed by atoms with van der Waals surface area (Å²) in [6.07, 6.45) is 6.90. The average molecular weight is 438 g/mol. The predicted octanol–water partition coefficient (Wildman–Crippen LogP) is 4.44. The maximum absolute atomic E-state index is 12.7. The van der Waals surface area contributed by atoms with Crippen molar-refractivity contribution in [2.24, 2.45) is 0 Å². The summed E-state index contributed by atoms with van der Waals surface area (Å²) in [5, 5.41) is 13.4. The summed E-state index contributed by atoms with van der Waals surface area (Å²) in [5.41, 5.74) is 3.07. The standard InChI is InChI=1S/C24H27N3O3S/c25-15-18-17-4-1-2-6-22(17)31-24(18)26-23(28)9-11-27-10-3-5-19(27)16-7-8-20-21(14-16)30-13-12-29-20/h7-8,14,19H,1-6,9-13H2,(H,26,28). The van der Waals surface area contributed by atoms with Crippen LogP contribution in [0.5, 0.6) is 11.5 Å². The lowest BCUT2D eigenvalue weighted by atomic mass is 9.96. The van der Waals surface area contributed by atoms with Gasteiger partial charge >= 0.3 is 0 Å². The van der Waals surface area contributed by atoms with Gasteiger partial charge in [-0.25, -0.2) is 0 Å². The first-order chi connectivity index (χ1) is 15.2. The van der Waals surface area contributed by atoms with E-state index in [2.05, 4.69) is 28.4 Å². The van der Waals surface area contributed by atoms with E-state index in [0.717, 1.165) is 60.7 Å². The van der Waals surface area contributed by atoms with Gasteiger partial charge in [0.1, 0.15) is 24.3 Å². The quantitative estimate of drug-likeness (QED) is 0.749. The van der Waals surface area contributed by atoms with E-state index < -0.39 is 0 Å². The average Bonchev–Trinajstić information content (AvgIpc) is 3.41. The third-order valence-electron chi connectivity index (χ3n) is 6.48. The lowest BCUT2D eigenvalue weighted by molar-refractivity contribution is -0.116. The minimum absolute atomic E-state index is 0.0112. The van der Waals surface area contributed by atoms with Crippen LogP contribution in [0.15, 0.2) is 18.2 Å². The molecule has 1 aliphatic carbocycles. The number of hydrogen-bond acceptors (Lipinski definition) is 6. The van der Waals surface area contributed by atoms with Gasteiger partial charge in [-0.05, 0) is 68.3 Å². The summed E-state index contributed by atoms with van der Waals surface area (Å²) >= 11 is 1.59. The zero-order valence-electron chi connectivity index (χ0n) is 17.6. The van der Waals surface area contributed by atoms with Gasteiger partial charge in [0.15, 0.2) is 11.5 Å². The maximum Gasteiger partial charge on any atom is 0.226 e. The summed E-state index contributed by atoms with van der Waals surface area (Å²) in [7, 11) is 0. The van der Waals surface area contributed by atoms with Crippen molar-refractivity contribution in [2.75, 3.05) is 31.6 Å². The lowest BCUT2D eigenvalue weighted by Crippen LogP contribution is -2.28. The number of anilines is 1. The number of rotatable bonds is 5. The molecule has 0 spiro atoms. The second-order valence-corrected chi connectivity index (χ2v) is 9.53. The van der Waals surface area contributed by atoms with Crippen molar-refractivity contribution in [3.63, 3.8) is 0 Å². The van der Waals surface area contributed by atoms with Crippen LogP contribution in [0.2, 0.25) is 0 Å². The van der Waals surface area contributed by atoms with Crippen molar-refractivity contribution in [3.05, 3.63) is 39.8 Å². The van der Waals surface area contributed by atoms with E-state index in [4.69, 9.17) is 9.47 Å². The van der Waals surface area contributed by atoms with Gasteiger partial charge in [0.25, 0.3) is 0 Å². The van der Waals surface area contributed by atoms with Crippen molar-refractivity contribution in [1.29, 1.82) is 5.26 Å². The van der Waals surface area contributed by atoms with Gasteiger partial charge < -0.3 is 14.8 Å². The predicted molar refractivity (Wildman–Crippen MR) is 120 cm³/mol. The largest absolute Gasteiger partial charge is 0.486 e. The van der Waals surface area contributed by atoms with E-state index in [-0.39, 0.29) is 5.91 Å². The number of amides is 1. The van der Waals surface area contributed by atoms with Crippen LogP contribution >= 0.6 is 11.3 Å². The molecule has 1 aromatic heterocycles. The number of fused-ring (bicyclic) bond motifs is 2. The fraction of sp³-hybridized carbons (Fsp3) is 0.500. The van der Waals surface area contributed by atoms with Gasteiger partial charge in [0.05, 0.1) is 5.56 Å². The number of carbonyl (C=O) groups excluding carboxylic acids is 1. The Morgan fingerprint density at radius 3 is 2.90 bits per heavy atom. The summed E-state index contributed by atoms with van der Waals surface area (Å²) in [6.45, 7) is 2.88. The zero-order valence-corrected chi connectivity index (χ0v) is 18.4. The molecule has 1 N–H and O–H groups in total. The molecule has 162 valence electrons. The van der Waals surface area contributed by atoms with E-state index in [1.807, 2.05) is 6.07 Å². The summed E-state index contributed by atoms with van der Waals surface area (Å²) in [4.78, 5) is 16.4. The minimum Gasteiger partial charge on any atom is -0.486 e. The second-order valence-electron chi connectivity index (χ2n) is 8.42. The van der Waals surface area contributed by atoms with Gasteiger partial charge in [0.2, 0.25) is 5.91 Å². The Balaban J connectivity index is 1.22. The SMILES string of the molecule is N#Cc1c(NC(=O)CCN2CCCC2c2ccc3c(c2)OCCO3)sc2c1CCCC2. The highest BCUT2D eigenvalue weighted by molar-refractivity contribution is 7.16. The van der Waals surface area contributed by atoms with Crippen LogP contribution in [0, 0.1) is 11.3 Å². The topological polar surface area (TPSA) is 74.6 Å². The molecule has 0 saturated carbocycles. The first-order valence-corrected chi connectivity index (χ1v) is 12.0. The van der Waals surface area contributed by atoms with Crippen molar-refractivity contribution in [1.82, 2.24) is 4.90 Å². The van der Waals surface area contributed by atoms with Gasteiger partial charge in [-0.2, -0.15) is 5.26 Å². The number of nitrogens with zero attached hydrogens (tertiary/aromatic N) is 2. The van der Waals surface area contributed by atoms with Crippen LogP contribution in [0.25, 0.3) is 0 Å². The molecule has 31 heavy (non-hydrogen) atoms. The number of carbonyl (C=O) groups is 1. The van der Waals surface area contributed by atoms with E-state index in [1.54, 1.807) is 11.3 Å². The molecule has 7 heteroatoms. The maximum atomic E-state index is 12.7. The Morgan fingerprint density at radius 2 is 2.03 bits per heavy atom. The first-order valence-electron chi connectivity index (χ1n) is 11.2. The molecule has 3 heterocycles. The minimum atomic E-state index is -0.0112. The van der Waals surface area contributed by atoms with Crippen LogP contribution in [-0.4, -0.2) is 37.1 Å². The Bertz CT molecular complexity index is 1030. The molecule has 1 aromatic carbocycles. The molecule has 1 saturated heterocycles. The normalized spacial score (nSPS) is 20.2. The number of nitrogens with one attached hydrogen (secondary N) is 1. The van der Waals surface area contributed by atoms with Gasteiger partial charge in [-0.3, -0.25) is 9.69 Å². The molecule has 5 rings (SSSR count). The smallest absolute Gasteiger partial charge is 0.226 e. The fourth-order valence-corrected chi connectivity index (χ4v) is 6.20. The molecule has 0 bridgehead atoms. The zero-order chi connectivity index (χ0) is 21.2. The third kappa shape index (κ3) is 4.15. The molecule has 2 aromatic rings. The molecule has 1 atom stereocenters. The van der Waals surface area contributed by atoms with Gasteiger partial charge in [0, 0.05) is 23.9 Å². The monoisotopic (exact) mass is 437 g/mol. The van der Waals surface area contributed by atoms with E-state index in [9.17, 15) is 10.1 Å². The van der Waals surface area contributed by atoms with Crippen LogP contribution < -0.4 is 14.8 Å². The molecular formula is C24H27N3O3S. The first kappa shape index (κ1) is 20.3. The van der Waals surface area contributed by atoms with E-state index >= 15 is 0 Å². The highest BCUT2D eigenvalue weighted by atomic mass is 32.1. The number of thiophene rings is 1. The van der Waals surface area contributed by atoms with Crippen molar-refractivity contribution >= 4 is 22.2 Å². The number of likely N-dealkylation sites (tertiary alicyclic amines) is 1. The highest BCUT2D eigenvalue weighted by Gasteiger charge is 2.28. The number of aryl methyl sites for hydroxylation is 1. The molecule has 1 fully saturated rings. The molecule has 1 unspecified atom stereocenters. The molecular weight excluding hydrogens is 410 g/mol. The number of hydrogen-bond donors (Lipinski definition) is 1. The Hall–Kier alpha value is -2.56. The molecule has 2 aliphatic heterocycles. The van der Waals surface area contributed by atoms with Crippen LogP contribution in [-0.2, 0) is 17.6 Å². The third-order valence-corrected chi connectivity index (χ3v) is 7.68.